The Bertz CT molecular complexity index is 333. The molecule has 4 bridgehead atoms. The number of hydrogen-bond acceptors (Lipinski definition) is 2. The highest BCUT2D eigenvalue weighted by atomic mass is 16.3. The molecule has 3 saturated carbocycles. The van der Waals surface area contributed by atoms with Gasteiger partial charge in [0.25, 0.3) is 0 Å². The van der Waals surface area contributed by atoms with E-state index >= 15 is 0 Å². The van der Waals surface area contributed by atoms with Gasteiger partial charge in [-0.25, -0.2) is 0 Å². The summed E-state index contributed by atoms with van der Waals surface area (Å²) in [5.74, 6) is 1.38. The van der Waals surface area contributed by atoms with Crippen LogP contribution in [0, 0.1) is 28.6 Å². The predicted octanol–water partition coefficient (Wildman–Crippen LogP) is 2.58. The molecule has 0 heterocycles. The highest BCUT2D eigenvalue weighted by Crippen LogP contribution is 2.72. The van der Waals surface area contributed by atoms with E-state index in [0.29, 0.717) is 23.2 Å². The quantitative estimate of drug-likeness (QED) is 0.737. The smallest absolute Gasteiger partial charge is 0.0690 e. The van der Waals surface area contributed by atoms with Crippen molar-refractivity contribution < 1.29 is 10.2 Å². The standard InChI is InChI=1S/C15H26O2/c1-13(9-16)7-4-8-14(2)10-5-6-11(14)15(3,17)12(10)13/h10-12,16-17H,4-9H2,1-3H3. The van der Waals surface area contributed by atoms with Gasteiger partial charge in [-0.2, -0.15) is 0 Å². The van der Waals surface area contributed by atoms with Crippen LogP contribution in [-0.2, 0) is 0 Å². The summed E-state index contributed by atoms with van der Waals surface area (Å²) in [5, 5.41) is 20.8. The van der Waals surface area contributed by atoms with E-state index in [0.717, 1.165) is 6.42 Å². The molecule has 0 saturated heterocycles. The second-order valence-electron chi connectivity index (χ2n) is 7.61. The number of aliphatic hydroxyl groups excluding tert-OH is 1. The van der Waals surface area contributed by atoms with E-state index < -0.39 is 5.60 Å². The average molecular weight is 238 g/mol. The van der Waals surface area contributed by atoms with Crippen molar-refractivity contribution in [1.82, 2.24) is 0 Å². The highest BCUT2D eigenvalue weighted by molar-refractivity contribution is 5.19. The lowest BCUT2D eigenvalue weighted by atomic mass is 9.61. The van der Waals surface area contributed by atoms with Crippen LogP contribution in [0.15, 0.2) is 0 Å². The Balaban J connectivity index is 2.11. The van der Waals surface area contributed by atoms with E-state index in [1.54, 1.807) is 0 Å². The maximum atomic E-state index is 11.0. The van der Waals surface area contributed by atoms with Crippen molar-refractivity contribution in [2.45, 2.75) is 58.5 Å². The normalized spacial score (nSPS) is 61.6. The first kappa shape index (κ1) is 12.0. The zero-order valence-electron chi connectivity index (χ0n) is 11.4. The summed E-state index contributed by atoms with van der Waals surface area (Å²) >= 11 is 0. The molecule has 0 spiro atoms. The van der Waals surface area contributed by atoms with E-state index in [1.165, 1.54) is 25.7 Å². The van der Waals surface area contributed by atoms with Crippen LogP contribution in [-0.4, -0.2) is 22.4 Å². The molecular weight excluding hydrogens is 212 g/mol. The third-order valence-electron chi connectivity index (χ3n) is 6.72. The zero-order valence-corrected chi connectivity index (χ0v) is 11.4. The molecule has 2 N–H and O–H groups in total. The number of aliphatic hydroxyl groups is 2. The van der Waals surface area contributed by atoms with Gasteiger partial charge in [-0.05, 0) is 61.2 Å². The Morgan fingerprint density at radius 1 is 1.12 bits per heavy atom. The summed E-state index contributed by atoms with van der Waals surface area (Å²) in [4.78, 5) is 0. The van der Waals surface area contributed by atoms with E-state index in [1.807, 2.05) is 6.92 Å². The second kappa shape index (κ2) is 3.27. The highest BCUT2D eigenvalue weighted by Gasteiger charge is 2.70. The molecule has 3 aliphatic rings. The Kier molecular flexibility index (Phi) is 2.30. The van der Waals surface area contributed by atoms with E-state index in [4.69, 9.17) is 0 Å². The molecule has 2 nitrogen and oxygen atoms in total. The molecule has 0 aromatic rings. The summed E-state index contributed by atoms with van der Waals surface area (Å²) < 4.78 is 0. The largest absolute Gasteiger partial charge is 0.396 e. The molecule has 0 amide bonds. The van der Waals surface area contributed by atoms with Crippen LogP contribution >= 0.6 is 0 Å². The molecule has 17 heavy (non-hydrogen) atoms. The van der Waals surface area contributed by atoms with Gasteiger partial charge in [-0.3, -0.25) is 0 Å². The lowest BCUT2D eigenvalue weighted by Crippen LogP contribution is -2.50. The molecule has 0 aromatic heterocycles. The van der Waals surface area contributed by atoms with Crippen LogP contribution in [0.3, 0.4) is 0 Å². The average Bonchev–Trinajstić information content (AvgIpc) is 2.59. The first-order valence-corrected chi connectivity index (χ1v) is 7.19. The topological polar surface area (TPSA) is 40.5 Å². The van der Waals surface area contributed by atoms with Crippen LogP contribution in [0.5, 0.6) is 0 Å². The van der Waals surface area contributed by atoms with Crippen LogP contribution in [0.2, 0.25) is 0 Å². The minimum absolute atomic E-state index is 0.0684. The molecule has 0 radical (unpaired) electrons. The van der Waals surface area contributed by atoms with E-state index in [9.17, 15) is 10.2 Å². The van der Waals surface area contributed by atoms with Crippen molar-refractivity contribution in [3.05, 3.63) is 0 Å². The zero-order chi connectivity index (χ0) is 12.5. The summed E-state index contributed by atoms with van der Waals surface area (Å²) in [5.41, 5.74) is -0.294. The predicted molar refractivity (Wildman–Crippen MR) is 67.5 cm³/mol. The molecule has 6 unspecified atom stereocenters. The molecule has 6 atom stereocenters. The van der Waals surface area contributed by atoms with Gasteiger partial charge in [0.15, 0.2) is 0 Å². The first-order valence-electron chi connectivity index (χ1n) is 7.19. The Hall–Kier alpha value is -0.0800. The lowest BCUT2D eigenvalue weighted by molar-refractivity contribution is -0.114. The third-order valence-corrected chi connectivity index (χ3v) is 6.72. The van der Waals surface area contributed by atoms with Crippen molar-refractivity contribution in [1.29, 1.82) is 0 Å². The van der Waals surface area contributed by atoms with Gasteiger partial charge in [0, 0.05) is 6.61 Å². The van der Waals surface area contributed by atoms with Gasteiger partial charge in [0.1, 0.15) is 0 Å². The monoisotopic (exact) mass is 238 g/mol. The van der Waals surface area contributed by atoms with Gasteiger partial charge in [-0.1, -0.05) is 20.3 Å². The fraction of sp³-hybridized carbons (Fsp3) is 1.00. The molecule has 98 valence electrons. The van der Waals surface area contributed by atoms with Crippen molar-refractivity contribution >= 4 is 0 Å². The molecule has 0 aliphatic heterocycles. The van der Waals surface area contributed by atoms with Crippen molar-refractivity contribution in [3.8, 4) is 0 Å². The van der Waals surface area contributed by atoms with Crippen LogP contribution < -0.4 is 0 Å². The van der Waals surface area contributed by atoms with E-state index in [-0.39, 0.29) is 12.0 Å². The Labute approximate surface area is 104 Å². The maximum absolute atomic E-state index is 11.0. The summed E-state index contributed by atoms with van der Waals surface area (Å²) in [6, 6.07) is 0. The van der Waals surface area contributed by atoms with Crippen molar-refractivity contribution in [3.63, 3.8) is 0 Å². The van der Waals surface area contributed by atoms with E-state index in [2.05, 4.69) is 13.8 Å². The van der Waals surface area contributed by atoms with Crippen LogP contribution in [0.1, 0.15) is 52.9 Å². The summed E-state index contributed by atoms with van der Waals surface area (Å²) in [7, 11) is 0. The van der Waals surface area contributed by atoms with Crippen molar-refractivity contribution in [2.75, 3.05) is 6.61 Å². The molecule has 3 rings (SSSR count). The Morgan fingerprint density at radius 2 is 1.82 bits per heavy atom. The fourth-order valence-corrected chi connectivity index (χ4v) is 6.15. The Morgan fingerprint density at radius 3 is 2.47 bits per heavy atom. The molecule has 3 aliphatic carbocycles. The maximum Gasteiger partial charge on any atom is 0.0690 e. The SMILES string of the molecule is CC1(CO)CCCC2(C)C3CCC2C(C)(O)C31. The van der Waals surface area contributed by atoms with Gasteiger partial charge >= 0.3 is 0 Å². The van der Waals surface area contributed by atoms with Crippen LogP contribution in [0.4, 0.5) is 0 Å². The van der Waals surface area contributed by atoms with Crippen LogP contribution in [0.25, 0.3) is 0 Å². The minimum Gasteiger partial charge on any atom is -0.396 e. The molecule has 0 aromatic carbocycles. The number of hydrogen-bond donors (Lipinski definition) is 2. The fourth-order valence-electron chi connectivity index (χ4n) is 6.15. The second-order valence-corrected chi connectivity index (χ2v) is 7.61. The molecular formula is C15H26O2. The minimum atomic E-state index is -0.560. The lowest BCUT2D eigenvalue weighted by Gasteiger charge is -2.47. The van der Waals surface area contributed by atoms with Gasteiger partial charge in [-0.15, -0.1) is 0 Å². The van der Waals surface area contributed by atoms with Crippen molar-refractivity contribution in [2.24, 2.45) is 28.6 Å². The first-order chi connectivity index (χ1) is 7.86. The summed E-state index contributed by atoms with van der Waals surface area (Å²) in [6.45, 7) is 6.86. The van der Waals surface area contributed by atoms with Gasteiger partial charge < -0.3 is 10.2 Å². The third kappa shape index (κ3) is 1.24. The van der Waals surface area contributed by atoms with Gasteiger partial charge in [0.2, 0.25) is 0 Å². The molecule has 2 heteroatoms. The summed E-state index contributed by atoms with van der Waals surface area (Å²) in [6.07, 6.45) is 5.98. The molecule has 3 fully saturated rings. The van der Waals surface area contributed by atoms with Gasteiger partial charge in [0.05, 0.1) is 5.60 Å². The number of rotatable bonds is 1.